The number of hydrogen-bond acceptors (Lipinski definition) is 4. The van der Waals surface area contributed by atoms with Crippen LogP contribution < -0.4 is 5.32 Å². The molecule has 2 aromatic rings. The Morgan fingerprint density at radius 3 is 2.78 bits per heavy atom. The number of hydrogen-bond donors (Lipinski definition) is 2. The summed E-state index contributed by atoms with van der Waals surface area (Å²) >= 11 is 3.31. The molecule has 0 spiro atoms. The summed E-state index contributed by atoms with van der Waals surface area (Å²) in [6.45, 7) is 0. The second-order valence-corrected chi connectivity index (χ2v) is 5.29. The van der Waals surface area contributed by atoms with Crippen LogP contribution in [0.1, 0.15) is 20.8 Å². The predicted molar refractivity (Wildman–Crippen MR) is 76.2 cm³/mol. The van der Waals surface area contributed by atoms with Crippen LogP contribution in [-0.2, 0) is 0 Å². The third-order valence-corrected chi connectivity index (χ3v) is 3.38. The van der Waals surface area contributed by atoms with Crippen molar-refractivity contribution in [3.63, 3.8) is 0 Å². The van der Waals surface area contributed by atoms with Crippen molar-refractivity contribution in [3.05, 3.63) is 43.9 Å². The number of carboxylic acids is 1. The van der Waals surface area contributed by atoms with E-state index in [0.29, 0.717) is 0 Å². The van der Waals surface area contributed by atoms with E-state index in [9.17, 15) is 9.59 Å². The molecule has 5 nitrogen and oxygen atoms in total. The van der Waals surface area contributed by atoms with Gasteiger partial charge >= 0.3 is 5.97 Å². The van der Waals surface area contributed by atoms with Crippen molar-refractivity contribution >= 4 is 51.5 Å². The Kier molecular flexibility index (Phi) is 3.92. The number of nitrogens with zero attached hydrogens (tertiary/aromatic N) is 1. The third kappa shape index (κ3) is 2.85. The standard InChI is InChI=1S/C11H7IN2O3S/c12-6-1-2-8(7(3-6)11(16)17)14-10(15)9-4-18-5-13-9/h1-5H,(H,14,15)(H,16,17). The van der Waals surface area contributed by atoms with Gasteiger partial charge in [-0.15, -0.1) is 11.3 Å². The Morgan fingerprint density at radius 1 is 1.39 bits per heavy atom. The molecule has 0 fully saturated rings. The molecular weight excluding hydrogens is 367 g/mol. The van der Waals surface area contributed by atoms with Crippen LogP contribution in [0.5, 0.6) is 0 Å². The molecule has 0 unspecified atom stereocenters. The largest absolute Gasteiger partial charge is 0.478 e. The number of thiazole rings is 1. The number of nitrogens with one attached hydrogen (secondary N) is 1. The Labute approximate surface area is 120 Å². The summed E-state index contributed by atoms with van der Waals surface area (Å²) in [6, 6.07) is 4.79. The molecule has 0 aliphatic rings. The maximum atomic E-state index is 11.8. The molecule has 0 radical (unpaired) electrons. The summed E-state index contributed by atoms with van der Waals surface area (Å²) in [7, 11) is 0. The SMILES string of the molecule is O=C(Nc1ccc(I)cc1C(=O)O)c1cscn1. The van der Waals surface area contributed by atoms with Crippen molar-refractivity contribution in [3.8, 4) is 0 Å². The van der Waals surface area contributed by atoms with E-state index in [1.807, 2.05) is 22.6 Å². The smallest absolute Gasteiger partial charge is 0.337 e. The normalized spacial score (nSPS) is 10.1. The second kappa shape index (κ2) is 5.44. The van der Waals surface area contributed by atoms with Crippen LogP contribution in [0.2, 0.25) is 0 Å². The fourth-order valence-electron chi connectivity index (χ4n) is 1.31. The minimum absolute atomic E-state index is 0.0606. The molecule has 1 amide bonds. The zero-order valence-corrected chi connectivity index (χ0v) is 11.9. The summed E-state index contributed by atoms with van der Waals surface area (Å²) < 4.78 is 0.789. The number of anilines is 1. The molecule has 7 heteroatoms. The van der Waals surface area contributed by atoms with Gasteiger partial charge in [-0.1, -0.05) is 0 Å². The lowest BCUT2D eigenvalue weighted by molar-refractivity contribution is 0.0698. The van der Waals surface area contributed by atoms with Gasteiger partial charge in [0.1, 0.15) is 5.69 Å². The van der Waals surface area contributed by atoms with E-state index in [-0.39, 0.29) is 16.9 Å². The van der Waals surface area contributed by atoms with E-state index in [1.54, 1.807) is 23.0 Å². The lowest BCUT2D eigenvalue weighted by atomic mass is 10.2. The molecule has 1 aromatic heterocycles. The molecule has 0 aliphatic carbocycles. The molecule has 18 heavy (non-hydrogen) atoms. The quantitative estimate of drug-likeness (QED) is 0.810. The zero-order chi connectivity index (χ0) is 13.1. The van der Waals surface area contributed by atoms with Crippen LogP contribution >= 0.6 is 33.9 Å². The first-order chi connectivity index (χ1) is 8.58. The van der Waals surface area contributed by atoms with Crippen LogP contribution in [0.25, 0.3) is 0 Å². The molecule has 0 aliphatic heterocycles. The summed E-state index contributed by atoms with van der Waals surface area (Å²) in [5, 5.41) is 13.2. The minimum Gasteiger partial charge on any atom is -0.478 e. The monoisotopic (exact) mass is 374 g/mol. The first-order valence-corrected chi connectivity index (χ1v) is 6.82. The van der Waals surface area contributed by atoms with Crippen molar-refractivity contribution in [2.24, 2.45) is 0 Å². The fourth-order valence-corrected chi connectivity index (χ4v) is 2.34. The molecule has 92 valence electrons. The third-order valence-electron chi connectivity index (χ3n) is 2.13. The zero-order valence-electron chi connectivity index (χ0n) is 8.88. The first kappa shape index (κ1) is 13.0. The van der Waals surface area contributed by atoms with Gasteiger partial charge in [0.15, 0.2) is 0 Å². The molecule has 1 aromatic carbocycles. The second-order valence-electron chi connectivity index (χ2n) is 3.32. The minimum atomic E-state index is -1.08. The molecule has 2 N–H and O–H groups in total. The number of carboxylic acid groups (broad SMARTS) is 1. The topological polar surface area (TPSA) is 79.3 Å². The van der Waals surface area contributed by atoms with Crippen LogP contribution in [0.15, 0.2) is 29.1 Å². The molecule has 0 saturated carbocycles. The van der Waals surface area contributed by atoms with Gasteiger partial charge in [-0.3, -0.25) is 4.79 Å². The van der Waals surface area contributed by atoms with Crippen LogP contribution in [0.3, 0.4) is 0 Å². The van der Waals surface area contributed by atoms with Gasteiger partial charge in [-0.05, 0) is 40.8 Å². The van der Waals surface area contributed by atoms with Gasteiger partial charge in [0.25, 0.3) is 5.91 Å². The van der Waals surface area contributed by atoms with E-state index in [0.717, 1.165) is 3.57 Å². The summed E-state index contributed by atoms with van der Waals surface area (Å²) in [6.07, 6.45) is 0. The van der Waals surface area contributed by atoms with E-state index >= 15 is 0 Å². The first-order valence-electron chi connectivity index (χ1n) is 4.80. The number of amides is 1. The molecular formula is C11H7IN2O3S. The Hall–Kier alpha value is -1.48. The molecule has 1 heterocycles. The number of halogens is 1. The number of rotatable bonds is 3. The van der Waals surface area contributed by atoms with Crippen molar-refractivity contribution in [2.75, 3.05) is 5.32 Å². The lowest BCUT2D eigenvalue weighted by Crippen LogP contribution is -2.15. The average molecular weight is 374 g/mol. The van der Waals surface area contributed by atoms with Gasteiger partial charge in [0, 0.05) is 8.95 Å². The number of carbonyl (C=O) groups excluding carboxylic acids is 1. The van der Waals surface area contributed by atoms with Gasteiger partial charge in [0.05, 0.1) is 16.8 Å². The summed E-state index contributed by atoms with van der Waals surface area (Å²) in [5.41, 5.74) is 2.14. The fraction of sp³-hybridized carbons (Fsp3) is 0. The number of benzene rings is 1. The van der Waals surface area contributed by atoms with Gasteiger partial charge < -0.3 is 10.4 Å². The number of aromatic carboxylic acids is 1. The highest BCUT2D eigenvalue weighted by Gasteiger charge is 2.14. The highest BCUT2D eigenvalue weighted by atomic mass is 127. The highest BCUT2D eigenvalue weighted by molar-refractivity contribution is 14.1. The predicted octanol–water partition coefficient (Wildman–Crippen LogP) is 2.70. The van der Waals surface area contributed by atoms with Gasteiger partial charge in [0.2, 0.25) is 0 Å². The Morgan fingerprint density at radius 2 is 2.17 bits per heavy atom. The van der Waals surface area contributed by atoms with Gasteiger partial charge in [-0.2, -0.15) is 0 Å². The van der Waals surface area contributed by atoms with Crippen LogP contribution in [0.4, 0.5) is 5.69 Å². The van der Waals surface area contributed by atoms with Crippen molar-refractivity contribution in [1.29, 1.82) is 0 Å². The average Bonchev–Trinajstić information content (AvgIpc) is 2.84. The van der Waals surface area contributed by atoms with E-state index in [2.05, 4.69) is 10.3 Å². The van der Waals surface area contributed by atoms with Gasteiger partial charge in [-0.25, -0.2) is 9.78 Å². The lowest BCUT2D eigenvalue weighted by Gasteiger charge is -2.07. The molecule has 0 bridgehead atoms. The molecule has 0 atom stereocenters. The Bertz CT molecular complexity index is 598. The van der Waals surface area contributed by atoms with Crippen LogP contribution in [0, 0.1) is 3.57 Å². The maximum Gasteiger partial charge on any atom is 0.337 e. The van der Waals surface area contributed by atoms with E-state index in [4.69, 9.17) is 5.11 Å². The molecule has 2 rings (SSSR count). The van der Waals surface area contributed by atoms with E-state index in [1.165, 1.54) is 17.4 Å². The maximum absolute atomic E-state index is 11.8. The van der Waals surface area contributed by atoms with Crippen molar-refractivity contribution in [2.45, 2.75) is 0 Å². The summed E-state index contributed by atoms with van der Waals surface area (Å²) in [5.74, 6) is -1.50. The Balaban J connectivity index is 2.29. The molecule has 0 saturated heterocycles. The summed E-state index contributed by atoms with van der Waals surface area (Å²) in [4.78, 5) is 26.7. The van der Waals surface area contributed by atoms with Crippen molar-refractivity contribution in [1.82, 2.24) is 4.98 Å². The number of carbonyl (C=O) groups is 2. The van der Waals surface area contributed by atoms with Crippen LogP contribution in [-0.4, -0.2) is 22.0 Å². The van der Waals surface area contributed by atoms with Crippen molar-refractivity contribution < 1.29 is 14.7 Å². The number of aromatic nitrogens is 1. The van der Waals surface area contributed by atoms with E-state index < -0.39 is 11.9 Å². The highest BCUT2D eigenvalue weighted by Crippen LogP contribution is 2.19.